The van der Waals surface area contributed by atoms with Crippen LogP contribution in [0.2, 0.25) is 0 Å². The minimum absolute atomic E-state index is 0.815. The van der Waals surface area contributed by atoms with Gasteiger partial charge < -0.3 is 9.30 Å². The topological polar surface area (TPSA) is 27.1 Å². The number of ether oxygens (including phenoxy) is 1. The number of imidazole rings is 1. The quantitative estimate of drug-likeness (QED) is 0.693. The number of para-hydroxylation sites is 1. The number of rotatable bonds is 3. The van der Waals surface area contributed by atoms with Gasteiger partial charge in [-0.1, -0.05) is 18.2 Å². The molecule has 90 valence electrons. The smallest absolute Gasteiger partial charge is 0.129 e. The van der Waals surface area contributed by atoms with Gasteiger partial charge in [0.2, 0.25) is 0 Å². The predicted octanol–water partition coefficient (Wildman–Crippen LogP) is 3.85. The van der Waals surface area contributed by atoms with Crippen LogP contribution in [-0.4, -0.2) is 9.55 Å². The number of benzene rings is 2. The molecule has 0 radical (unpaired) electrons. The average Bonchev–Trinajstić information content (AvgIpc) is 2.82. The normalized spacial score (nSPS) is 10.7. The van der Waals surface area contributed by atoms with Crippen LogP contribution in [0.1, 0.15) is 6.92 Å². The minimum Gasteiger partial charge on any atom is -0.457 e. The van der Waals surface area contributed by atoms with Gasteiger partial charge in [-0.25, -0.2) is 4.98 Å². The number of hydrogen-bond donors (Lipinski definition) is 0. The van der Waals surface area contributed by atoms with Crippen molar-refractivity contribution in [1.82, 2.24) is 9.55 Å². The third-order valence-electron chi connectivity index (χ3n) is 2.91. The van der Waals surface area contributed by atoms with Crippen molar-refractivity contribution in [2.45, 2.75) is 13.5 Å². The van der Waals surface area contributed by atoms with Crippen LogP contribution in [0.25, 0.3) is 11.0 Å². The molecule has 0 atom stereocenters. The first-order valence-corrected chi connectivity index (χ1v) is 6.04. The molecule has 0 aliphatic carbocycles. The molecular weight excluding hydrogens is 224 g/mol. The third-order valence-corrected chi connectivity index (χ3v) is 2.91. The lowest BCUT2D eigenvalue weighted by Crippen LogP contribution is -1.90. The molecule has 0 spiro atoms. The minimum atomic E-state index is 0.815. The average molecular weight is 238 g/mol. The van der Waals surface area contributed by atoms with Gasteiger partial charge in [-0.15, -0.1) is 0 Å². The van der Waals surface area contributed by atoms with E-state index in [0.29, 0.717) is 0 Å². The first kappa shape index (κ1) is 10.8. The van der Waals surface area contributed by atoms with Crippen molar-refractivity contribution in [3.05, 3.63) is 54.9 Å². The summed E-state index contributed by atoms with van der Waals surface area (Å²) in [7, 11) is 0. The summed E-state index contributed by atoms with van der Waals surface area (Å²) in [6.45, 7) is 3.03. The summed E-state index contributed by atoms with van der Waals surface area (Å²) in [5, 5.41) is 0. The maximum absolute atomic E-state index is 5.78. The Labute approximate surface area is 106 Å². The standard InChI is InChI=1S/C15H14N2O/c1-2-17-11-16-14-10-13(8-9-15(14)17)18-12-6-4-3-5-7-12/h3-11H,2H2,1H3. The molecule has 0 bridgehead atoms. The van der Waals surface area contributed by atoms with E-state index in [1.165, 1.54) is 0 Å². The first-order valence-electron chi connectivity index (χ1n) is 6.04. The van der Waals surface area contributed by atoms with Crippen LogP contribution in [-0.2, 0) is 6.54 Å². The highest BCUT2D eigenvalue weighted by Crippen LogP contribution is 2.24. The molecule has 0 N–H and O–H groups in total. The number of nitrogens with zero attached hydrogens (tertiary/aromatic N) is 2. The molecule has 1 heterocycles. The van der Waals surface area contributed by atoms with Crippen LogP contribution < -0.4 is 4.74 Å². The van der Waals surface area contributed by atoms with Crippen molar-refractivity contribution in [2.75, 3.05) is 0 Å². The van der Waals surface area contributed by atoms with Gasteiger partial charge >= 0.3 is 0 Å². The molecule has 3 nitrogen and oxygen atoms in total. The zero-order valence-electron chi connectivity index (χ0n) is 10.2. The first-order chi connectivity index (χ1) is 8.86. The Morgan fingerprint density at radius 3 is 2.67 bits per heavy atom. The van der Waals surface area contributed by atoms with E-state index in [2.05, 4.69) is 16.5 Å². The largest absolute Gasteiger partial charge is 0.457 e. The van der Waals surface area contributed by atoms with Crippen LogP contribution in [0.15, 0.2) is 54.9 Å². The van der Waals surface area contributed by atoms with Crippen molar-refractivity contribution >= 4 is 11.0 Å². The number of aryl methyl sites for hydroxylation is 1. The highest BCUT2D eigenvalue weighted by molar-refractivity contribution is 5.77. The lowest BCUT2D eigenvalue weighted by atomic mass is 10.3. The molecule has 0 aliphatic rings. The fourth-order valence-electron chi connectivity index (χ4n) is 1.98. The van der Waals surface area contributed by atoms with Gasteiger partial charge in [0.1, 0.15) is 11.5 Å². The molecule has 0 aliphatic heterocycles. The van der Waals surface area contributed by atoms with E-state index in [1.54, 1.807) is 0 Å². The molecule has 2 aromatic carbocycles. The molecule has 0 amide bonds. The van der Waals surface area contributed by atoms with Crippen molar-refractivity contribution in [1.29, 1.82) is 0 Å². The second kappa shape index (κ2) is 4.53. The van der Waals surface area contributed by atoms with E-state index >= 15 is 0 Å². The van der Waals surface area contributed by atoms with Crippen LogP contribution in [0.5, 0.6) is 11.5 Å². The fraction of sp³-hybridized carbons (Fsp3) is 0.133. The van der Waals surface area contributed by atoms with Crippen molar-refractivity contribution < 1.29 is 4.74 Å². The van der Waals surface area contributed by atoms with Gasteiger partial charge in [0.05, 0.1) is 17.4 Å². The molecule has 0 unspecified atom stereocenters. The zero-order valence-corrected chi connectivity index (χ0v) is 10.2. The molecular formula is C15H14N2O. The van der Waals surface area contributed by atoms with E-state index in [-0.39, 0.29) is 0 Å². The summed E-state index contributed by atoms with van der Waals surface area (Å²) in [4.78, 5) is 4.37. The summed E-state index contributed by atoms with van der Waals surface area (Å²) in [6.07, 6.45) is 1.86. The van der Waals surface area contributed by atoms with E-state index in [4.69, 9.17) is 4.74 Å². The molecule has 3 aromatic rings. The second-order valence-corrected chi connectivity index (χ2v) is 4.10. The van der Waals surface area contributed by atoms with Crippen LogP contribution in [0, 0.1) is 0 Å². The molecule has 18 heavy (non-hydrogen) atoms. The zero-order chi connectivity index (χ0) is 12.4. The number of aromatic nitrogens is 2. The van der Waals surface area contributed by atoms with Gasteiger partial charge in [-0.2, -0.15) is 0 Å². The Balaban J connectivity index is 1.94. The summed E-state index contributed by atoms with van der Waals surface area (Å²) < 4.78 is 7.89. The third kappa shape index (κ3) is 1.95. The van der Waals surface area contributed by atoms with Gasteiger partial charge in [0, 0.05) is 12.6 Å². The van der Waals surface area contributed by atoms with Crippen LogP contribution in [0.4, 0.5) is 0 Å². The van der Waals surface area contributed by atoms with Gasteiger partial charge in [0.15, 0.2) is 0 Å². The van der Waals surface area contributed by atoms with Crippen molar-refractivity contribution in [2.24, 2.45) is 0 Å². The Morgan fingerprint density at radius 2 is 1.89 bits per heavy atom. The highest BCUT2D eigenvalue weighted by Gasteiger charge is 2.03. The van der Waals surface area contributed by atoms with Crippen LogP contribution in [0.3, 0.4) is 0 Å². The molecule has 3 rings (SSSR count). The summed E-state index contributed by atoms with van der Waals surface area (Å²) in [6, 6.07) is 15.8. The van der Waals surface area contributed by atoms with Gasteiger partial charge in [0.25, 0.3) is 0 Å². The molecule has 0 fully saturated rings. The molecule has 3 heteroatoms. The van der Waals surface area contributed by atoms with Crippen molar-refractivity contribution in [3.63, 3.8) is 0 Å². The Hall–Kier alpha value is -2.29. The van der Waals surface area contributed by atoms with Gasteiger partial charge in [-0.05, 0) is 31.2 Å². The highest BCUT2D eigenvalue weighted by atomic mass is 16.5. The maximum atomic E-state index is 5.78. The van der Waals surface area contributed by atoms with E-state index in [9.17, 15) is 0 Å². The Kier molecular flexibility index (Phi) is 2.73. The number of fused-ring (bicyclic) bond motifs is 1. The van der Waals surface area contributed by atoms with E-state index < -0.39 is 0 Å². The Bertz CT molecular complexity index is 659. The summed E-state index contributed by atoms with van der Waals surface area (Å²) in [5.74, 6) is 1.65. The predicted molar refractivity (Wildman–Crippen MR) is 71.9 cm³/mol. The van der Waals surface area contributed by atoms with Crippen molar-refractivity contribution in [3.8, 4) is 11.5 Å². The molecule has 0 saturated heterocycles. The van der Waals surface area contributed by atoms with Crippen LogP contribution >= 0.6 is 0 Å². The van der Waals surface area contributed by atoms with E-state index in [0.717, 1.165) is 29.1 Å². The summed E-state index contributed by atoms with van der Waals surface area (Å²) in [5.41, 5.74) is 2.10. The second-order valence-electron chi connectivity index (χ2n) is 4.10. The van der Waals surface area contributed by atoms with Gasteiger partial charge in [-0.3, -0.25) is 0 Å². The Morgan fingerprint density at radius 1 is 1.06 bits per heavy atom. The molecule has 0 saturated carbocycles. The maximum Gasteiger partial charge on any atom is 0.129 e. The lowest BCUT2D eigenvalue weighted by molar-refractivity contribution is 0.483. The van der Waals surface area contributed by atoms with E-state index in [1.807, 2.05) is 54.9 Å². The fourth-order valence-corrected chi connectivity index (χ4v) is 1.98. The lowest BCUT2D eigenvalue weighted by Gasteiger charge is -2.05. The molecule has 1 aromatic heterocycles. The number of hydrogen-bond acceptors (Lipinski definition) is 2. The summed E-state index contributed by atoms with van der Waals surface area (Å²) >= 11 is 0. The monoisotopic (exact) mass is 238 g/mol. The SMILES string of the molecule is CCn1cnc2cc(Oc3ccccc3)ccc21.